The number of carboxylic acid groups (broad SMARTS) is 1. The zero-order chi connectivity index (χ0) is 17.9. The Kier molecular flexibility index (Phi) is 9.80. The normalized spacial score (nSPS) is 27.5. The fraction of sp³-hybridized carbons (Fsp3) is 0.857. The Morgan fingerprint density at radius 1 is 1.04 bits per heavy atom. The number of rotatable bonds is 14. The lowest BCUT2D eigenvalue weighted by Gasteiger charge is -2.27. The van der Waals surface area contributed by atoms with Gasteiger partial charge in [-0.15, -0.1) is 12.3 Å². The molecule has 4 heteroatoms. The number of terminal acetylenes is 1. The molecule has 2 heterocycles. The molecule has 4 unspecified atom stereocenters. The summed E-state index contributed by atoms with van der Waals surface area (Å²) in [6.45, 7) is 0. The molecule has 2 aliphatic heterocycles. The molecule has 0 aliphatic carbocycles. The van der Waals surface area contributed by atoms with E-state index in [1.54, 1.807) is 0 Å². The fourth-order valence-electron chi connectivity index (χ4n) is 4.34. The number of thioether (sulfide) groups is 1. The molecule has 1 N–H and O–H groups in total. The monoisotopic (exact) mass is 366 g/mol. The standard InChI is InChI=1S/C21H34O3S/c1-2-3-4-7-10-15-25-16-18-17(19-13-14-20(18)24-19)11-8-5-6-9-12-21(22)23/h1,17-20H,3-16H2,(H,22,23). The quantitative estimate of drug-likeness (QED) is 0.342. The first-order chi connectivity index (χ1) is 12.2. The van der Waals surface area contributed by atoms with Gasteiger partial charge < -0.3 is 9.84 Å². The number of hydrogen-bond donors (Lipinski definition) is 1. The van der Waals surface area contributed by atoms with E-state index in [2.05, 4.69) is 17.7 Å². The molecule has 142 valence electrons. The number of aliphatic carboxylic acids is 1. The third-order valence-corrected chi connectivity index (χ3v) is 6.89. The molecule has 0 aromatic rings. The van der Waals surface area contributed by atoms with Crippen LogP contribution in [0.25, 0.3) is 0 Å². The van der Waals surface area contributed by atoms with Crippen molar-refractivity contribution in [2.45, 2.75) is 89.3 Å². The van der Waals surface area contributed by atoms with Crippen LogP contribution in [-0.2, 0) is 9.53 Å². The number of ether oxygens (including phenoxy) is 1. The van der Waals surface area contributed by atoms with E-state index in [1.807, 2.05) is 0 Å². The number of carboxylic acids is 1. The summed E-state index contributed by atoms with van der Waals surface area (Å²) in [6.07, 6.45) is 19.3. The van der Waals surface area contributed by atoms with E-state index >= 15 is 0 Å². The van der Waals surface area contributed by atoms with Crippen molar-refractivity contribution in [1.29, 1.82) is 0 Å². The van der Waals surface area contributed by atoms with Gasteiger partial charge in [-0.05, 0) is 61.9 Å². The molecule has 0 aromatic carbocycles. The Morgan fingerprint density at radius 3 is 2.52 bits per heavy atom. The van der Waals surface area contributed by atoms with Crippen LogP contribution >= 0.6 is 11.8 Å². The SMILES string of the molecule is C#CCCCCCSCC1C2CCC(O2)C1CCCCCCC(=O)O. The Hall–Kier alpha value is -0.660. The molecule has 2 aliphatic rings. The minimum Gasteiger partial charge on any atom is -0.481 e. The average Bonchev–Trinajstić information content (AvgIpc) is 3.19. The van der Waals surface area contributed by atoms with Gasteiger partial charge in [0.1, 0.15) is 0 Å². The van der Waals surface area contributed by atoms with Crippen molar-refractivity contribution in [3.8, 4) is 12.3 Å². The van der Waals surface area contributed by atoms with Crippen LogP contribution in [0.5, 0.6) is 0 Å². The van der Waals surface area contributed by atoms with Gasteiger partial charge in [0.2, 0.25) is 0 Å². The second kappa shape index (κ2) is 11.9. The van der Waals surface area contributed by atoms with E-state index < -0.39 is 5.97 Å². The van der Waals surface area contributed by atoms with Crippen LogP contribution in [-0.4, -0.2) is 34.8 Å². The van der Waals surface area contributed by atoms with Crippen LogP contribution in [0.4, 0.5) is 0 Å². The van der Waals surface area contributed by atoms with Gasteiger partial charge in [-0.3, -0.25) is 4.79 Å². The van der Waals surface area contributed by atoms with Crippen molar-refractivity contribution in [3.63, 3.8) is 0 Å². The predicted molar refractivity (Wildman–Crippen MR) is 105 cm³/mol. The van der Waals surface area contributed by atoms with Crippen LogP contribution in [0.3, 0.4) is 0 Å². The minimum absolute atomic E-state index is 0.317. The van der Waals surface area contributed by atoms with Crippen molar-refractivity contribution in [3.05, 3.63) is 0 Å². The van der Waals surface area contributed by atoms with E-state index in [0.717, 1.165) is 37.5 Å². The van der Waals surface area contributed by atoms with Gasteiger partial charge in [0.15, 0.2) is 0 Å². The molecule has 0 saturated carbocycles. The maximum atomic E-state index is 10.5. The number of carbonyl (C=O) groups is 1. The van der Waals surface area contributed by atoms with Crippen molar-refractivity contribution in [2.24, 2.45) is 11.8 Å². The lowest BCUT2D eigenvalue weighted by molar-refractivity contribution is -0.137. The Labute approximate surface area is 157 Å². The van der Waals surface area contributed by atoms with Crippen molar-refractivity contribution in [1.82, 2.24) is 0 Å². The molecule has 2 fully saturated rings. The second-order valence-corrected chi connectivity index (χ2v) is 8.70. The third kappa shape index (κ3) is 7.23. The molecule has 25 heavy (non-hydrogen) atoms. The highest BCUT2D eigenvalue weighted by molar-refractivity contribution is 7.99. The van der Waals surface area contributed by atoms with Crippen LogP contribution in [0, 0.1) is 24.2 Å². The highest BCUT2D eigenvalue weighted by Gasteiger charge is 2.47. The molecular formula is C21H34O3S. The molecule has 0 radical (unpaired) electrons. The molecule has 2 bridgehead atoms. The Morgan fingerprint density at radius 2 is 1.76 bits per heavy atom. The summed E-state index contributed by atoms with van der Waals surface area (Å²) >= 11 is 2.11. The van der Waals surface area contributed by atoms with Gasteiger partial charge in [-0.2, -0.15) is 11.8 Å². The molecular weight excluding hydrogens is 332 g/mol. The van der Waals surface area contributed by atoms with Gasteiger partial charge in [0.05, 0.1) is 12.2 Å². The van der Waals surface area contributed by atoms with E-state index in [-0.39, 0.29) is 0 Å². The number of fused-ring (bicyclic) bond motifs is 2. The van der Waals surface area contributed by atoms with Crippen LogP contribution in [0.1, 0.15) is 77.0 Å². The van der Waals surface area contributed by atoms with E-state index in [4.69, 9.17) is 16.3 Å². The highest BCUT2D eigenvalue weighted by atomic mass is 32.2. The molecule has 0 aromatic heterocycles. The summed E-state index contributed by atoms with van der Waals surface area (Å²) < 4.78 is 6.20. The van der Waals surface area contributed by atoms with Gasteiger partial charge in [0, 0.05) is 12.8 Å². The summed E-state index contributed by atoms with van der Waals surface area (Å²) in [7, 11) is 0. The molecule has 0 amide bonds. The summed E-state index contributed by atoms with van der Waals surface area (Å²) in [4.78, 5) is 10.5. The number of hydrogen-bond acceptors (Lipinski definition) is 3. The zero-order valence-electron chi connectivity index (χ0n) is 15.5. The zero-order valence-corrected chi connectivity index (χ0v) is 16.3. The molecule has 4 atom stereocenters. The molecule has 0 spiro atoms. The van der Waals surface area contributed by atoms with Gasteiger partial charge in [-0.1, -0.05) is 25.7 Å². The van der Waals surface area contributed by atoms with E-state index in [0.29, 0.717) is 18.6 Å². The summed E-state index contributed by atoms with van der Waals surface area (Å²) in [5, 5.41) is 8.68. The molecule has 3 nitrogen and oxygen atoms in total. The largest absolute Gasteiger partial charge is 0.481 e. The average molecular weight is 367 g/mol. The van der Waals surface area contributed by atoms with E-state index in [1.165, 1.54) is 56.5 Å². The smallest absolute Gasteiger partial charge is 0.303 e. The van der Waals surface area contributed by atoms with E-state index in [9.17, 15) is 4.79 Å². The number of unbranched alkanes of at least 4 members (excludes halogenated alkanes) is 6. The van der Waals surface area contributed by atoms with Crippen molar-refractivity contribution in [2.75, 3.05) is 11.5 Å². The first kappa shape index (κ1) is 20.6. The first-order valence-corrected chi connectivity index (χ1v) is 11.3. The third-order valence-electron chi connectivity index (χ3n) is 5.69. The minimum atomic E-state index is -0.669. The second-order valence-electron chi connectivity index (χ2n) is 7.55. The van der Waals surface area contributed by atoms with Crippen molar-refractivity contribution < 1.29 is 14.6 Å². The predicted octanol–water partition coefficient (Wildman–Crippen LogP) is 5.13. The maximum Gasteiger partial charge on any atom is 0.303 e. The summed E-state index contributed by atoms with van der Waals surface area (Å²) in [5.74, 6) is 6.03. The Bertz CT molecular complexity index is 431. The maximum absolute atomic E-state index is 10.5. The van der Waals surface area contributed by atoms with Gasteiger partial charge in [-0.25, -0.2) is 0 Å². The van der Waals surface area contributed by atoms with Gasteiger partial charge >= 0.3 is 5.97 Å². The highest BCUT2D eigenvalue weighted by Crippen LogP contribution is 2.46. The topological polar surface area (TPSA) is 46.5 Å². The van der Waals surface area contributed by atoms with Crippen molar-refractivity contribution >= 4 is 17.7 Å². The lowest BCUT2D eigenvalue weighted by Crippen LogP contribution is -2.29. The molecule has 2 rings (SSSR count). The van der Waals surface area contributed by atoms with Gasteiger partial charge in [0.25, 0.3) is 0 Å². The summed E-state index contributed by atoms with van der Waals surface area (Å²) in [6, 6.07) is 0. The summed E-state index contributed by atoms with van der Waals surface area (Å²) in [5.41, 5.74) is 0. The first-order valence-electron chi connectivity index (χ1n) is 10.1. The van der Waals surface area contributed by atoms with Crippen LogP contribution in [0.2, 0.25) is 0 Å². The molecule has 2 saturated heterocycles. The fourth-order valence-corrected chi connectivity index (χ4v) is 5.65. The van der Waals surface area contributed by atoms with Crippen LogP contribution in [0.15, 0.2) is 0 Å². The van der Waals surface area contributed by atoms with Crippen LogP contribution < -0.4 is 0 Å². The Balaban J connectivity index is 1.58. The lowest BCUT2D eigenvalue weighted by atomic mass is 9.77.